The first-order valence-electron chi connectivity index (χ1n) is 8.24. The van der Waals surface area contributed by atoms with Crippen molar-refractivity contribution in [3.8, 4) is 0 Å². The van der Waals surface area contributed by atoms with Gasteiger partial charge in [0.2, 0.25) is 0 Å². The average molecular weight is 250 g/mol. The quantitative estimate of drug-likeness (QED) is 0.482. The molecule has 1 nitrogen and oxygen atoms in total. The van der Waals surface area contributed by atoms with Crippen molar-refractivity contribution in [1.29, 1.82) is 0 Å². The fourth-order valence-corrected chi connectivity index (χ4v) is 3.47. The van der Waals surface area contributed by atoms with E-state index in [4.69, 9.17) is 0 Å². The highest BCUT2D eigenvalue weighted by atomic mass is 16.1. The van der Waals surface area contributed by atoms with Crippen LogP contribution in [0, 0.1) is 10.8 Å². The Morgan fingerprint density at radius 3 is 1.44 bits per heavy atom. The maximum atomic E-state index is 12.8. The van der Waals surface area contributed by atoms with Gasteiger partial charge in [0.15, 0.2) is 0 Å². The maximum absolute atomic E-state index is 12.8. The van der Waals surface area contributed by atoms with Crippen molar-refractivity contribution in [3.63, 3.8) is 0 Å². The van der Waals surface area contributed by atoms with Gasteiger partial charge >= 0.3 is 0 Å². The van der Waals surface area contributed by atoms with Gasteiger partial charge in [-0.1, -0.05) is 52.4 Å². The van der Waals surface area contributed by atoms with E-state index in [2.05, 4.69) is 13.8 Å². The molecule has 0 aromatic heterocycles. The van der Waals surface area contributed by atoms with Crippen molar-refractivity contribution in [2.75, 3.05) is 0 Å². The lowest BCUT2D eigenvalue weighted by atomic mass is 9.81. The Kier molecular flexibility index (Phi) is 4.50. The molecule has 2 rings (SSSR count). The average Bonchev–Trinajstić information content (AvgIpc) is 3.25. The topological polar surface area (TPSA) is 17.1 Å². The molecule has 2 aliphatic carbocycles. The van der Waals surface area contributed by atoms with Gasteiger partial charge in [0.25, 0.3) is 0 Å². The summed E-state index contributed by atoms with van der Waals surface area (Å²) in [6.07, 6.45) is 14.9. The van der Waals surface area contributed by atoms with Crippen LogP contribution < -0.4 is 0 Å². The number of carbonyl (C=O) groups is 1. The minimum absolute atomic E-state index is 0.165. The van der Waals surface area contributed by atoms with E-state index >= 15 is 0 Å². The molecule has 2 fully saturated rings. The normalized spacial score (nSPS) is 22.8. The van der Waals surface area contributed by atoms with E-state index in [-0.39, 0.29) is 10.8 Å². The van der Waals surface area contributed by atoms with Crippen LogP contribution >= 0.6 is 0 Å². The van der Waals surface area contributed by atoms with Crippen molar-refractivity contribution >= 4 is 5.78 Å². The molecule has 0 bridgehead atoms. The molecular weight excluding hydrogens is 220 g/mol. The molecule has 0 radical (unpaired) electrons. The molecule has 0 N–H and O–H groups in total. The molecule has 1 heteroatoms. The van der Waals surface area contributed by atoms with Gasteiger partial charge in [-0.2, -0.15) is 0 Å². The van der Waals surface area contributed by atoms with Gasteiger partial charge in [-0.25, -0.2) is 0 Å². The molecule has 0 unspecified atom stereocenters. The fourth-order valence-electron chi connectivity index (χ4n) is 3.47. The van der Waals surface area contributed by atoms with Gasteiger partial charge in [-0.15, -0.1) is 0 Å². The Morgan fingerprint density at radius 1 is 0.778 bits per heavy atom. The van der Waals surface area contributed by atoms with Crippen molar-refractivity contribution in [1.82, 2.24) is 0 Å². The van der Waals surface area contributed by atoms with Crippen LogP contribution in [0.25, 0.3) is 0 Å². The number of hydrogen-bond donors (Lipinski definition) is 0. The third kappa shape index (κ3) is 2.97. The van der Waals surface area contributed by atoms with Crippen LogP contribution in [-0.2, 0) is 4.79 Å². The van der Waals surface area contributed by atoms with E-state index in [0.29, 0.717) is 5.78 Å². The van der Waals surface area contributed by atoms with Gasteiger partial charge in [-0.05, 0) is 38.5 Å². The van der Waals surface area contributed by atoms with Crippen molar-refractivity contribution < 1.29 is 4.79 Å². The van der Waals surface area contributed by atoms with Crippen molar-refractivity contribution in [2.45, 2.75) is 90.9 Å². The Balaban J connectivity index is 1.82. The van der Waals surface area contributed by atoms with E-state index in [0.717, 1.165) is 0 Å². The monoisotopic (exact) mass is 250 g/mol. The zero-order valence-electron chi connectivity index (χ0n) is 12.4. The minimum atomic E-state index is 0.165. The molecule has 0 saturated heterocycles. The van der Waals surface area contributed by atoms with E-state index < -0.39 is 0 Å². The van der Waals surface area contributed by atoms with Crippen LogP contribution in [0.2, 0.25) is 0 Å². The van der Waals surface area contributed by atoms with Crippen molar-refractivity contribution in [3.05, 3.63) is 0 Å². The summed E-state index contributed by atoms with van der Waals surface area (Å²) in [7, 11) is 0. The number of ketones is 1. The van der Waals surface area contributed by atoms with Gasteiger partial charge < -0.3 is 0 Å². The van der Waals surface area contributed by atoms with Gasteiger partial charge in [0.05, 0.1) is 0 Å². The number of rotatable bonds is 10. The SMILES string of the molecule is CCCCCC1(C(=O)C2(CCCCC)CC2)CC1. The highest BCUT2D eigenvalue weighted by molar-refractivity contribution is 5.94. The second kappa shape index (κ2) is 5.75. The third-order valence-corrected chi connectivity index (χ3v) is 5.19. The largest absolute Gasteiger partial charge is 0.298 e. The summed E-state index contributed by atoms with van der Waals surface area (Å²) in [6, 6.07) is 0. The Morgan fingerprint density at radius 2 is 1.17 bits per heavy atom. The van der Waals surface area contributed by atoms with Gasteiger partial charge in [0, 0.05) is 10.8 Å². The predicted octanol–water partition coefficient (Wildman–Crippen LogP) is 5.28. The number of hydrogen-bond acceptors (Lipinski definition) is 1. The first kappa shape index (κ1) is 14.1. The lowest BCUT2D eigenvalue weighted by Gasteiger charge is -2.21. The van der Waals surface area contributed by atoms with E-state index in [1.54, 1.807) is 0 Å². The predicted molar refractivity (Wildman–Crippen MR) is 76.6 cm³/mol. The molecule has 0 heterocycles. The molecule has 0 aromatic carbocycles. The van der Waals surface area contributed by atoms with E-state index in [1.807, 2.05) is 0 Å². The van der Waals surface area contributed by atoms with Crippen LogP contribution in [0.5, 0.6) is 0 Å². The van der Waals surface area contributed by atoms with Crippen LogP contribution in [0.4, 0.5) is 0 Å². The molecule has 0 atom stereocenters. The van der Waals surface area contributed by atoms with Gasteiger partial charge in [-0.3, -0.25) is 4.79 Å². The molecule has 0 amide bonds. The fraction of sp³-hybridized carbons (Fsp3) is 0.941. The molecule has 18 heavy (non-hydrogen) atoms. The molecular formula is C17H30O. The van der Waals surface area contributed by atoms with Crippen molar-refractivity contribution in [2.24, 2.45) is 10.8 Å². The summed E-state index contributed by atoms with van der Waals surface area (Å²) >= 11 is 0. The second-order valence-electron chi connectivity index (χ2n) is 6.80. The van der Waals surface area contributed by atoms with Crippen LogP contribution in [0.1, 0.15) is 90.9 Å². The Bertz CT molecular complexity index is 256. The second-order valence-corrected chi connectivity index (χ2v) is 6.80. The Labute approximate surface area is 113 Å². The van der Waals surface area contributed by atoms with Crippen LogP contribution in [0.3, 0.4) is 0 Å². The number of unbranched alkanes of at least 4 members (excludes halogenated alkanes) is 4. The standard InChI is InChI=1S/C17H30O/c1-3-5-7-9-16(11-12-16)15(18)17(13-14-17)10-8-6-4-2/h3-14H2,1-2H3. The van der Waals surface area contributed by atoms with Crippen LogP contribution in [0.15, 0.2) is 0 Å². The minimum Gasteiger partial charge on any atom is -0.298 e. The summed E-state index contributed by atoms with van der Waals surface area (Å²) in [4.78, 5) is 12.8. The summed E-state index contributed by atoms with van der Waals surface area (Å²) < 4.78 is 0. The molecule has 0 aromatic rings. The highest BCUT2D eigenvalue weighted by Crippen LogP contribution is 2.62. The Hall–Kier alpha value is -0.330. The summed E-state index contributed by atoms with van der Waals surface area (Å²) in [5.74, 6) is 0.683. The highest BCUT2D eigenvalue weighted by Gasteiger charge is 2.60. The molecule has 0 aliphatic heterocycles. The molecule has 2 saturated carbocycles. The molecule has 2 aliphatic rings. The lowest BCUT2D eigenvalue weighted by molar-refractivity contribution is -0.130. The molecule has 0 spiro atoms. The zero-order valence-corrected chi connectivity index (χ0v) is 12.4. The third-order valence-electron chi connectivity index (χ3n) is 5.19. The smallest absolute Gasteiger partial charge is 0.145 e. The van der Waals surface area contributed by atoms with E-state index in [9.17, 15) is 4.79 Å². The lowest BCUT2D eigenvalue weighted by Crippen LogP contribution is -2.26. The first-order chi connectivity index (χ1) is 8.69. The summed E-state index contributed by atoms with van der Waals surface area (Å²) in [5, 5.41) is 0. The van der Waals surface area contributed by atoms with Gasteiger partial charge in [0.1, 0.15) is 5.78 Å². The first-order valence-corrected chi connectivity index (χ1v) is 8.24. The zero-order chi connectivity index (χ0) is 13.1. The molecule has 104 valence electrons. The number of Topliss-reactive ketones (excluding diaryl/α,β-unsaturated/α-hetero) is 1. The summed E-state index contributed by atoms with van der Waals surface area (Å²) in [6.45, 7) is 4.49. The van der Waals surface area contributed by atoms with Crippen LogP contribution in [-0.4, -0.2) is 5.78 Å². The summed E-state index contributed by atoms with van der Waals surface area (Å²) in [5.41, 5.74) is 0.329. The maximum Gasteiger partial charge on any atom is 0.145 e. The number of carbonyl (C=O) groups excluding carboxylic acids is 1. The van der Waals surface area contributed by atoms with E-state index in [1.165, 1.54) is 77.0 Å².